The van der Waals surface area contributed by atoms with E-state index in [-0.39, 0.29) is 11.7 Å². The Morgan fingerprint density at radius 3 is 2.95 bits per heavy atom. The van der Waals surface area contributed by atoms with Gasteiger partial charge in [-0.25, -0.2) is 4.98 Å². The Balaban J connectivity index is 1.80. The summed E-state index contributed by atoms with van der Waals surface area (Å²) in [6.45, 7) is 2.71. The zero-order chi connectivity index (χ0) is 15.1. The topological polar surface area (TPSA) is 59.1 Å². The lowest BCUT2D eigenvalue weighted by molar-refractivity contribution is -0.120. The summed E-state index contributed by atoms with van der Waals surface area (Å²) in [5.41, 5.74) is 0.764. The van der Waals surface area contributed by atoms with Gasteiger partial charge in [0.2, 0.25) is 5.91 Å². The fourth-order valence-corrected chi connectivity index (χ4v) is 4.05. The lowest BCUT2D eigenvalue weighted by Gasteiger charge is -2.00. The first kappa shape index (κ1) is 16.2. The van der Waals surface area contributed by atoms with Crippen LogP contribution in [0.1, 0.15) is 28.7 Å². The molecule has 2 aromatic heterocycles. The second-order valence-corrected chi connectivity index (χ2v) is 7.35. The zero-order valence-corrected chi connectivity index (χ0v) is 14.1. The fourth-order valence-electron chi connectivity index (χ4n) is 1.56. The molecule has 2 heterocycles. The van der Waals surface area contributed by atoms with Crippen LogP contribution < -0.4 is 5.32 Å². The van der Waals surface area contributed by atoms with Gasteiger partial charge in [-0.15, -0.1) is 22.7 Å². The molecule has 0 aliphatic heterocycles. The predicted molar refractivity (Wildman–Crippen MR) is 88.5 cm³/mol. The molecule has 0 aliphatic rings. The number of amides is 1. The number of carbonyl (C=O) groups excluding carboxylic acids is 2. The first-order valence-electron chi connectivity index (χ1n) is 6.59. The van der Waals surface area contributed by atoms with Gasteiger partial charge in [0.25, 0.3) is 0 Å². The van der Waals surface area contributed by atoms with Gasteiger partial charge in [-0.1, -0.05) is 24.8 Å². The number of nitrogens with one attached hydrogen (secondary N) is 1. The SMILES string of the molecule is CCCNC(=O)Cc1csc(SCC(=O)c2cccs2)n1. The molecule has 2 rings (SSSR count). The molecule has 0 unspecified atom stereocenters. The average Bonchev–Trinajstić information content (AvgIpc) is 3.14. The maximum absolute atomic E-state index is 11.9. The van der Waals surface area contributed by atoms with E-state index < -0.39 is 0 Å². The molecular weight excluding hydrogens is 324 g/mol. The fraction of sp³-hybridized carbons (Fsp3) is 0.357. The normalized spacial score (nSPS) is 10.5. The number of aromatic nitrogens is 1. The third-order valence-electron chi connectivity index (χ3n) is 2.57. The highest BCUT2D eigenvalue weighted by Crippen LogP contribution is 2.24. The quantitative estimate of drug-likeness (QED) is 0.592. The van der Waals surface area contributed by atoms with E-state index in [0.29, 0.717) is 18.7 Å². The maximum Gasteiger partial charge on any atom is 0.226 e. The molecule has 0 saturated heterocycles. The lowest BCUT2D eigenvalue weighted by atomic mass is 10.3. The maximum atomic E-state index is 11.9. The molecule has 4 nitrogen and oxygen atoms in total. The van der Waals surface area contributed by atoms with Gasteiger partial charge in [0, 0.05) is 11.9 Å². The number of rotatable bonds is 8. The minimum Gasteiger partial charge on any atom is -0.356 e. The molecule has 0 saturated carbocycles. The van der Waals surface area contributed by atoms with Gasteiger partial charge < -0.3 is 5.32 Å². The highest BCUT2D eigenvalue weighted by molar-refractivity contribution is 8.01. The number of nitrogens with zero attached hydrogens (tertiary/aromatic N) is 1. The second kappa shape index (κ2) is 8.31. The number of hydrogen-bond donors (Lipinski definition) is 1. The molecule has 0 atom stereocenters. The number of carbonyl (C=O) groups is 2. The molecule has 112 valence electrons. The van der Waals surface area contributed by atoms with Crippen LogP contribution in [0.3, 0.4) is 0 Å². The van der Waals surface area contributed by atoms with E-state index in [1.807, 2.05) is 29.8 Å². The van der Waals surface area contributed by atoms with Crippen molar-refractivity contribution in [3.8, 4) is 0 Å². The number of thiazole rings is 1. The Hall–Kier alpha value is -1.18. The van der Waals surface area contributed by atoms with E-state index in [9.17, 15) is 9.59 Å². The van der Waals surface area contributed by atoms with Crippen molar-refractivity contribution in [2.75, 3.05) is 12.3 Å². The summed E-state index contributed by atoms with van der Waals surface area (Å²) >= 11 is 4.36. The molecule has 1 N–H and O–H groups in total. The Labute approximate surface area is 136 Å². The molecule has 21 heavy (non-hydrogen) atoms. The van der Waals surface area contributed by atoms with Crippen molar-refractivity contribution in [1.29, 1.82) is 0 Å². The van der Waals surface area contributed by atoms with E-state index in [4.69, 9.17) is 0 Å². The molecule has 0 fully saturated rings. The highest BCUT2D eigenvalue weighted by atomic mass is 32.2. The molecule has 0 bridgehead atoms. The van der Waals surface area contributed by atoms with Gasteiger partial charge >= 0.3 is 0 Å². The molecular formula is C14H16N2O2S3. The first-order chi connectivity index (χ1) is 10.2. The van der Waals surface area contributed by atoms with Crippen molar-refractivity contribution in [3.05, 3.63) is 33.5 Å². The zero-order valence-electron chi connectivity index (χ0n) is 11.6. The van der Waals surface area contributed by atoms with Crippen LogP contribution in [0.4, 0.5) is 0 Å². The Bertz CT molecular complexity index is 593. The van der Waals surface area contributed by atoms with Crippen LogP contribution in [0.5, 0.6) is 0 Å². The van der Waals surface area contributed by atoms with Crippen LogP contribution in [-0.4, -0.2) is 29.0 Å². The van der Waals surface area contributed by atoms with Crippen molar-refractivity contribution >= 4 is 46.1 Å². The van der Waals surface area contributed by atoms with Crippen LogP contribution >= 0.6 is 34.4 Å². The number of Topliss-reactive ketones (excluding diaryl/α,β-unsaturated/α-hetero) is 1. The number of hydrogen-bond acceptors (Lipinski definition) is 6. The molecule has 0 aromatic carbocycles. The number of thiophene rings is 1. The van der Waals surface area contributed by atoms with Crippen molar-refractivity contribution in [3.63, 3.8) is 0 Å². The van der Waals surface area contributed by atoms with Crippen LogP contribution in [0, 0.1) is 0 Å². The van der Waals surface area contributed by atoms with Gasteiger partial charge in [-0.2, -0.15) is 0 Å². The minimum atomic E-state index is -0.00615. The van der Waals surface area contributed by atoms with Crippen LogP contribution in [0.15, 0.2) is 27.2 Å². The van der Waals surface area contributed by atoms with Gasteiger partial charge in [0.1, 0.15) is 0 Å². The van der Waals surface area contributed by atoms with Crippen molar-refractivity contribution < 1.29 is 9.59 Å². The van der Waals surface area contributed by atoms with E-state index in [1.54, 1.807) is 0 Å². The number of ketones is 1. The van der Waals surface area contributed by atoms with Crippen LogP contribution in [0.2, 0.25) is 0 Å². The van der Waals surface area contributed by atoms with Gasteiger partial charge in [-0.05, 0) is 17.9 Å². The third-order valence-corrected chi connectivity index (χ3v) is 5.55. The first-order valence-corrected chi connectivity index (χ1v) is 9.34. The molecule has 0 aliphatic carbocycles. The second-order valence-electron chi connectivity index (χ2n) is 4.32. The van der Waals surface area contributed by atoms with Crippen molar-refractivity contribution in [1.82, 2.24) is 10.3 Å². The van der Waals surface area contributed by atoms with E-state index >= 15 is 0 Å². The lowest BCUT2D eigenvalue weighted by Crippen LogP contribution is -2.25. The van der Waals surface area contributed by atoms with Gasteiger partial charge in [-0.3, -0.25) is 9.59 Å². The molecule has 0 radical (unpaired) electrons. The summed E-state index contributed by atoms with van der Waals surface area (Å²) < 4.78 is 0.832. The van der Waals surface area contributed by atoms with E-state index in [2.05, 4.69) is 10.3 Å². The summed E-state index contributed by atoms with van der Waals surface area (Å²) in [5.74, 6) is 0.496. The monoisotopic (exact) mass is 340 g/mol. The predicted octanol–water partition coefficient (Wildman–Crippen LogP) is 3.25. The average molecular weight is 340 g/mol. The van der Waals surface area contributed by atoms with Crippen LogP contribution in [-0.2, 0) is 11.2 Å². The standard InChI is InChI=1S/C14H16N2O2S3/c1-2-5-15-13(18)7-10-8-20-14(16-10)21-9-11(17)12-4-3-6-19-12/h3-4,6,8H,2,5,7,9H2,1H3,(H,15,18). The molecule has 1 amide bonds. The Morgan fingerprint density at radius 1 is 1.38 bits per heavy atom. The smallest absolute Gasteiger partial charge is 0.226 e. The van der Waals surface area contributed by atoms with Crippen molar-refractivity contribution in [2.45, 2.75) is 24.1 Å². The van der Waals surface area contributed by atoms with Crippen LogP contribution in [0.25, 0.3) is 0 Å². The summed E-state index contributed by atoms with van der Waals surface area (Å²) in [7, 11) is 0. The number of thioether (sulfide) groups is 1. The van der Waals surface area contributed by atoms with E-state index in [1.165, 1.54) is 34.4 Å². The van der Waals surface area contributed by atoms with E-state index in [0.717, 1.165) is 21.3 Å². The Kier molecular flexibility index (Phi) is 6.41. The summed E-state index contributed by atoms with van der Waals surface area (Å²) in [4.78, 5) is 28.6. The van der Waals surface area contributed by atoms with Gasteiger partial charge in [0.15, 0.2) is 10.1 Å². The molecule has 0 spiro atoms. The minimum absolute atomic E-state index is 0.00615. The van der Waals surface area contributed by atoms with Crippen molar-refractivity contribution in [2.24, 2.45) is 0 Å². The largest absolute Gasteiger partial charge is 0.356 e. The highest BCUT2D eigenvalue weighted by Gasteiger charge is 2.11. The van der Waals surface area contributed by atoms with Gasteiger partial charge in [0.05, 0.1) is 22.7 Å². The Morgan fingerprint density at radius 2 is 2.24 bits per heavy atom. The molecule has 2 aromatic rings. The third kappa shape index (κ3) is 5.26. The summed E-state index contributed by atoms with van der Waals surface area (Å²) in [5, 5.41) is 6.60. The summed E-state index contributed by atoms with van der Waals surface area (Å²) in [6, 6.07) is 3.71. The molecule has 7 heteroatoms. The summed E-state index contributed by atoms with van der Waals surface area (Å²) in [6.07, 6.45) is 1.23.